The molecule has 0 heterocycles. The van der Waals surface area contributed by atoms with Gasteiger partial charge in [-0.05, 0) is 42.3 Å². The van der Waals surface area contributed by atoms with Crippen molar-refractivity contribution in [3.63, 3.8) is 0 Å². The summed E-state index contributed by atoms with van der Waals surface area (Å²) in [5.74, 6) is 0. The number of hydrogen-bond acceptors (Lipinski definition) is 3. The smallest absolute Gasteiger partial charge is 0.0991 e. The van der Waals surface area contributed by atoms with E-state index in [1.807, 2.05) is 25.1 Å². The molecule has 1 atom stereocenters. The first-order valence-corrected chi connectivity index (χ1v) is 6.66. The second-order valence-corrected chi connectivity index (χ2v) is 5.03. The summed E-state index contributed by atoms with van der Waals surface area (Å²) in [5.41, 5.74) is 3.34. The highest BCUT2D eigenvalue weighted by Crippen LogP contribution is 2.21. The fourth-order valence-corrected chi connectivity index (χ4v) is 2.06. The van der Waals surface area contributed by atoms with Crippen LogP contribution in [0.5, 0.6) is 0 Å². The van der Waals surface area contributed by atoms with Gasteiger partial charge < -0.3 is 10.4 Å². The molecule has 0 aromatic heterocycles. The van der Waals surface area contributed by atoms with Crippen molar-refractivity contribution in [1.29, 1.82) is 5.26 Å². The van der Waals surface area contributed by atoms with E-state index in [0.29, 0.717) is 17.1 Å². The molecule has 0 bridgehead atoms. The standard InChI is InChI=1S/C16H15ClN2O/c1-11-2-7-14(17)8-15(11)19-10-16(20)13-5-3-12(9-18)4-6-13/h2-8,16,19-20H,10H2,1H3. The minimum absolute atomic E-state index is 0.382. The van der Waals surface area contributed by atoms with Gasteiger partial charge in [0.2, 0.25) is 0 Å². The largest absolute Gasteiger partial charge is 0.387 e. The lowest BCUT2D eigenvalue weighted by Gasteiger charge is -2.15. The van der Waals surface area contributed by atoms with Crippen molar-refractivity contribution in [2.45, 2.75) is 13.0 Å². The van der Waals surface area contributed by atoms with Crippen LogP contribution < -0.4 is 5.32 Å². The first-order valence-electron chi connectivity index (χ1n) is 6.28. The van der Waals surface area contributed by atoms with Gasteiger partial charge in [-0.25, -0.2) is 0 Å². The van der Waals surface area contributed by atoms with E-state index in [1.165, 1.54) is 0 Å². The Kier molecular flexibility index (Phi) is 4.62. The molecule has 2 aromatic rings. The van der Waals surface area contributed by atoms with Crippen molar-refractivity contribution in [2.75, 3.05) is 11.9 Å². The third-order valence-corrected chi connectivity index (χ3v) is 3.35. The molecular formula is C16H15ClN2O. The Morgan fingerprint density at radius 1 is 1.25 bits per heavy atom. The molecule has 0 aliphatic rings. The van der Waals surface area contributed by atoms with Gasteiger partial charge in [0.05, 0.1) is 17.7 Å². The molecule has 0 aliphatic heterocycles. The maximum Gasteiger partial charge on any atom is 0.0991 e. The summed E-state index contributed by atoms with van der Waals surface area (Å²) in [4.78, 5) is 0. The molecule has 3 nitrogen and oxygen atoms in total. The zero-order valence-electron chi connectivity index (χ0n) is 11.1. The van der Waals surface area contributed by atoms with E-state index >= 15 is 0 Å². The van der Waals surface area contributed by atoms with Crippen molar-refractivity contribution in [3.8, 4) is 6.07 Å². The van der Waals surface area contributed by atoms with Gasteiger partial charge in [-0.3, -0.25) is 0 Å². The Bertz CT molecular complexity index is 632. The van der Waals surface area contributed by atoms with E-state index in [1.54, 1.807) is 24.3 Å². The van der Waals surface area contributed by atoms with Gasteiger partial charge in [-0.2, -0.15) is 5.26 Å². The number of rotatable bonds is 4. The summed E-state index contributed by atoms with van der Waals surface area (Å²) in [6.45, 7) is 2.36. The molecule has 0 fully saturated rings. The molecule has 2 rings (SSSR count). The number of nitrogens with one attached hydrogen (secondary N) is 1. The lowest BCUT2D eigenvalue weighted by Crippen LogP contribution is -2.12. The predicted octanol–water partition coefficient (Wildman–Crippen LogP) is 3.67. The summed E-state index contributed by atoms with van der Waals surface area (Å²) >= 11 is 5.95. The average Bonchev–Trinajstić information content (AvgIpc) is 2.48. The average molecular weight is 287 g/mol. The zero-order chi connectivity index (χ0) is 14.5. The van der Waals surface area contributed by atoms with Crippen LogP contribution in [-0.2, 0) is 0 Å². The fourth-order valence-electron chi connectivity index (χ4n) is 1.89. The molecule has 20 heavy (non-hydrogen) atoms. The van der Waals surface area contributed by atoms with Crippen LogP contribution in [0.3, 0.4) is 0 Å². The van der Waals surface area contributed by atoms with Crippen molar-refractivity contribution in [2.24, 2.45) is 0 Å². The van der Waals surface area contributed by atoms with Gasteiger partial charge in [0.15, 0.2) is 0 Å². The summed E-state index contributed by atoms with van der Waals surface area (Å²) in [5, 5.41) is 22.7. The molecule has 1 unspecified atom stereocenters. The van der Waals surface area contributed by atoms with E-state index in [4.69, 9.17) is 16.9 Å². The topological polar surface area (TPSA) is 56.0 Å². The molecule has 0 radical (unpaired) electrons. The quantitative estimate of drug-likeness (QED) is 0.902. The SMILES string of the molecule is Cc1ccc(Cl)cc1NCC(O)c1ccc(C#N)cc1. The number of hydrogen-bond donors (Lipinski definition) is 2. The van der Waals surface area contributed by atoms with Gasteiger partial charge in [0, 0.05) is 17.3 Å². The summed E-state index contributed by atoms with van der Waals surface area (Å²) in [7, 11) is 0. The minimum Gasteiger partial charge on any atom is -0.387 e. The van der Waals surface area contributed by atoms with Crippen molar-refractivity contribution < 1.29 is 5.11 Å². The number of aliphatic hydroxyl groups excluding tert-OH is 1. The highest BCUT2D eigenvalue weighted by atomic mass is 35.5. The third kappa shape index (κ3) is 3.51. The second-order valence-electron chi connectivity index (χ2n) is 4.59. The molecule has 0 saturated carbocycles. The third-order valence-electron chi connectivity index (χ3n) is 3.11. The van der Waals surface area contributed by atoms with Crippen LogP contribution in [0.4, 0.5) is 5.69 Å². The van der Waals surface area contributed by atoms with Crippen molar-refractivity contribution >= 4 is 17.3 Å². The van der Waals surface area contributed by atoms with Crippen molar-refractivity contribution in [3.05, 3.63) is 64.2 Å². The van der Waals surface area contributed by atoms with Crippen LogP contribution in [0.15, 0.2) is 42.5 Å². The second kappa shape index (κ2) is 6.42. The minimum atomic E-state index is -0.638. The zero-order valence-corrected chi connectivity index (χ0v) is 11.9. The number of aliphatic hydroxyl groups is 1. The molecule has 102 valence electrons. The van der Waals surface area contributed by atoms with E-state index in [2.05, 4.69) is 11.4 Å². The highest BCUT2D eigenvalue weighted by molar-refractivity contribution is 6.30. The molecule has 0 amide bonds. The lowest BCUT2D eigenvalue weighted by atomic mass is 10.1. The molecular weight excluding hydrogens is 272 g/mol. The van der Waals surface area contributed by atoms with Crippen LogP contribution in [0.1, 0.15) is 22.8 Å². The maximum absolute atomic E-state index is 10.1. The Morgan fingerprint density at radius 2 is 1.95 bits per heavy atom. The molecule has 2 aromatic carbocycles. The number of aryl methyl sites for hydroxylation is 1. The number of anilines is 1. The fraction of sp³-hybridized carbons (Fsp3) is 0.188. The van der Waals surface area contributed by atoms with Gasteiger partial charge in [-0.1, -0.05) is 29.8 Å². The predicted molar refractivity (Wildman–Crippen MR) is 80.8 cm³/mol. The van der Waals surface area contributed by atoms with Gasteiger partial charge >= 0.3 is 0 Å². The first-order chi connectivity index (χ1) is 9.60. The van der Waals surface area contributed by atoms with Crippen molar-refractivity contribution in [1.82, 2.24) is 0 Å². The molecule has 0 spiro atoms. The molecule has 0 aliphatic carbocycles. The number of halogens is 1. The molecule has 2 N–H and O–H groups in total. The Labute approximate surface area is 123 Å². The monoisotopic (exact) mass is 286 g/mol. The maximum atomic E-state index is 10.1. The van der Waals surface area contributed by atoms with E-state index in [9.17, 15) is 5.11 Å². The molecule has 0 saturated heterocycles. The van der Waals surface area contributed by atoms with Crippen LogP contribution in [0.25, 0.3) is 0 Å². The van der Waals surface area contributed by atoms with Crippen LogP contribution in [0, 0.1) is 18.3 Å². The lowest BCUT2D eigenvalue weighted by molar-refractivity contribution is 0.191. The number of nitrogens with zero attached hydrogens (tertiary/aromatic N) is 1. The Morgan fingerprint density at radius 3 is 2.60 bits per heavy atom. The Balaban J connectivity index is 2.02. The van der Waals surface area contributed by atoms with E-state index in [0.717, 1.165) is 16.8 Å². The summed E-state index contributed by atoms with van der Waals surface area (Å²) < 4.78 is 0. The van der Waals surface area contributed by atoms with E-state index in [-0.39, 0.29) is 0 Å². The van der Waals surface area contributed by atoms with Crippen LogP contribution >= 0.6 is 11.6 Å². The Hall–Kier alpha value is -2.02. The van der Waals surface area contributed by atoms with Crippen LogP contribution in [-0.4, -0.2) is 11.7 Å². The summed E-state index contributed by atoms with van der Waals surface area (Å²) in [6, 6.07) is 14.6. The van der Waals surface area contributed by atoms with Gasteiger partial charge in [0.1, 0.15) is 0 Å². The highest BCUT2D eigenvalue weighted by Gasteiger charge is 2.08. The number of nitriles is 1. The number of benzene rings is 2. The normalized spacial score (nSPS) is 11.7. The van der Waals surface area contributed by atoms with Gasteiger partial charge in [-0.15, -0.1) is 0 Å². The molecule has 4 heteroatoms. The van der Waals surface area contributed by atoms with Gasteiger partial charge in [0.25, 0.3) is 0 Å². The summed E-state index contributed by atoms with van der Waals surface area (Å²) in [6.07, 6.45) is -0.638. The van der Waals surface area contributed by atoms with E-state index < -0.39 is 6.10 Å². The first kappa shape index (κ1) is 14.4. The van der Waals surface area contributed by atoms with Crippen LogP contribution in [0.2, 0.25) is 5.02 Å².